The number of rotatable bonds is 4. The zero-order valence-electron chi connectivity index (χ0n) is 11.4. The van der Waals surface area contributed by atoms with Gasteiger partial charge < -0.3 is 15.4 Å². The molecule has 1 aromatic carbocycles. The van der Waals surface area contributed by atoms with Crippen molar-refractivity contribution in [1.29, 1.82) is 0 Å². The van der Waals surface area contributed by atoms with Crippen LogP contribution in [0.3, 0.4) is 0 Å². The maximum Gasteiger partial charge on any atom is 0.239 e. The largest absolute Gasteiger partial charge is 0.381 e. The van der Waals surface area contributed by atoms with Gasteiger partial charge in [0.2, 0.25) is 5.91 Å². The van der Waals surface area contributed by atoms with Crippen LogP contribution in [0.2, 0.25) is 0 Å². The van der Waals surface area contributed by atoms with Gasteiger partial charge in [-0.1, -0.05) is 30.3 Å². The van der Waals surface area contributed by atoms with Crippen LogP contribution in [0.4, 0.5) is 0 Å². The molecule has 1 atom stereocenters. The van der Waals surface area contributed by atoms with Crippen LogP contribution in [0.25, 0.3) is 0 Å². The van der Waals surface area contributed by atoms with Crippen LogP contribution in [0.15, 0.2) is 30.3 Å². The SMILES string of the molecule is CN(C(=O)[C@@H](N)Cc1ccccc1)C1CCOCC1. The van der Waals surface area contributed by atoms with Crippen LogP contribution in [0, 0.1) is 0 Å². The first kappa shape index (κ1) is 14.0. The quantitative estimate of drug-likeness (QED) is 0.887. The second kappa shape index (κ2) is 6.68. The molecule has 2 rings (SSSR count). The van der Waals surface area contributed by atoms with E-state index in [4.69, 9.17) is 10.5 Å². The zero-order chi connectivity index (χ0) is 13.7. The first-order chi connectivity index (χ1) is 9.18. The van der Waals surface area contributed by atoms with Crippen molar-refractivity contribution in [2.75, 3.05) is 20.3 Å². The molecule has 0 aromatic heterocycles. The van der Waals surface area contributed by atoms with E-state index in [1.54, 1.807) is 4.90 Å². The van der Waals surface area contributed by atoms with E-state index in [0.717, 1.165) is 31.6 Å². The molecule has 0 aliphatic carbocycles. The number of nitrogens with zero attached hydrogens (tertiary/aromatic N) is 1. The molecule has 1 aliphatic rings. The van der Waals surface area contributed by atoms with E-state index in [0.29, 0.717) is 6.42 Å². The van der Waals surface area contributed by atoms with Crippen molar-refractivity contribution in [2.45, 2.75) is 31.3 Å². The molecule has 4 nitrogen and oxygen atoms in total. The molecule has 1 aliphatic heterocycles. The summed E-state index contributed by atoms with van der Waals surface area (Å²) in [5.41, 5.74) is 7.14. The van der Waals surface area contributed by atoms with Gasteiger partial charge in [-0.05, 0) is 24.8 Å². The van der Waals surface area contributed by atoms with Crippen molar-refractivity contribution >= 4 is 5.91 Å². The Balaban J connectivity index is 1.90. The highest BCUT2D eigenvalue weighted by Gasteiger charge is 2.26. The number of benzene rings is 1. The molecular weight excluding hydrogens is 240 g/mol. The van der Waals surface area contributed by atoms with Crippen LogP contribution in [-0.4, -0.2) is 43.2 Å². The normalized spacial score (nSPS) is 18.0. The highest BCUT2D eigenvalue weighted by molar-refractivity contribution is 5.82. The Bertz CT molecular complexity index is 402. The molecule has 0 unspecified atom stereocenters. The monoisotopic (exact) mass is 262 g/mol. The fraction of sp³-hybridized carbons (Fsp3) is 0.533. The Hall–Kier alpha value is -1.39. The van der Waals surface area contributed by atoms with Crippen LogP contribution < -0.4 is 5.73 Å². The van der Waals surface area contributed by atoms with Crippen LogP contribution >= 0.6 is 0 Å². The Kier molecular flexibility index (Phi) is 4.93. The molecule has 0 saturated carbocycles. The standard InChI is InChI=1S/C15H22N2O2/c1-17(13-7-9-19-10-8-13)15(18)14(16)11-12-5-3-2-4-6-12/h2-6,13-14H,7-11,16H2,1H3/t14-/m0/s1. The average molecular weight is 262 g/mol. The van der Waals surface area contributed by atoms with Crippen LogP contribution in [-0.2, 0) is 16.0 Å². The fourth-order valence-corrected chi connectivity index (χ4v) is 2.47. The lowest BCUT2D eigenvalue weighted by Crippen LogP contribution is -2.49. The van der Waals surface area contributed by atoms with Gasteiger partial charge in [0.05, 0.1) is 6.04 Å². The Morgan fingerprint density at radius 2 is 2.00 bits per heavy atom. The molecule has 0 bridgehead atoms. The van der Waals surface area contributed by atoms with E-state index in [1.807, 2.05) is 37.4 Å². The Morgan fingerprint density at radius 1 is 1.37 bits per heavy atom. The zero-order valence-corrected chi connectivity index (χ0v) is 11.4. The minimum Gasteiger partial charge on any atom is -0.381 e. The lowest BCUT2D eigenvalue weighted by atomic mass is 10.0. The highest BCUT2D eigenvalue weighted by atomic mass is 16.5. The van der Waals surface area contributed by atoms with Crippen LogP contribution in [0.1, 0.15) is 18.4 Å². The average Bonchev–Trinajstić information content (AvgIpc) is 2.47. The van der Waals surface area contributed by atoms with Crippen molar-refractivity contribution in [3.63, 3.8) is 0 Å². The van der Waals surface area contributed by atoms with E-state index < -0.39 is 6.04 Å². The third kappa shape index (κ3) is 3.78. The number of carbonyl (C=O) groups excluding carboxylic acids is 1. The summed E-state index contributed by atoms with van der Waals surface area (Å²) < 4.78 is 5.32. The van der Waals surface area contributed by atoms with E-state index in [-0.39, 0.29) is 11.9 Å². The summed E-state index contributed by atoms with van der Waals surface area (Å²) in [4.78, 5) is 14.1. The minimum atomic E-state index is -0.463. The van der Waals surface area contributed by atoms with Gasteiger partial charge in [0.25, 0.3) is 0 Å². The van der Waals surface area contributed by atoms with Crippen molar-refractivity contribution < 1.29 is 9.53 Å². The number of ether oxygens (including phenoxy) is 1. The van der Waals surface area contributed by atoms with Gasteiger partial charge in [-0.2, -0.15) is 0 Å². The molecule has 1 fully saturated rings. The number of hydrogen-bond acceptors (Lipinski definition) is 3. The molecule has 0 radical (unpaired) electrons. The lowest BCUT2D eigenvalue weighted by Gasteiger charge is -2.32. The van der Waals surface area contributed by atoms with Crippen molar-refractivity contribution in [3.8, 4) is 0 Å². The number of hydrogen-bond donors (Lipinski definition) is 1. The van der Waals surface area contributed by atoms with Gasteiger partial charge >= 0.3 is 0 Å². The highest BCUT2D eigenvalue weighted by Crippen LogP contribution is 2.14. The van der Waals surface area contributed by atoms with E-state index >= 15 is 0 Å². The first-order valence-electron chi connectivity index (χ1n) is 6.82. The topological polar surface area (TPSA) is 55.6 Å². The molecular formula is C15H22N2O2. The number of nitrogens with two attached hydrogens (primary N) is 1. The smallest absolute Gasteiger partial charge is 0.239 e. The maximum absolute atomic E-state index is 12.3. The molecule has 1 heterocycles. The molecule has 104 valence electrons. The number of likely N-dealkylation sites (N-methyl/N-ethyl adjacent to an activating group) is 1. The van der Waals surface area contributed by atoms with Crippen LogP contribution in [0.5, 0.6) is 0 Å². The molecule has 0 spiro atoms. The van der Waals surface area contributed by atoms with Crippen molar-refractivity contribution in [2.24, 2.45) is 5.73 Å². The second-order valence-corrected chi connectivity index (χ2v) is 5.09. The molecule has 2 N–H and O–H groups in total. The minimum absolute atomic E-state index is 0.0238. The second-order valence-electron chi connectivity index (χ2n) is 5.09. The number of amides is 1. The van der Waals surface area contributed by atoms with E-state index in [2.05, 4.69) is 0 Å². The van der Waals surface area contributed by atoms with Crippen molar-refractivity contribution in [1.82, 2.24) is 4.90 Å². The summed E-state index contributed by atoms with van der Waals surface area (Å²) in [7, 11) is 1.85. The molecule has 19 heavy (non-hydrogen) atoms. The van der Waals surface area contributed by atoms with Gasteiger partial charge in [0.1, 0.15) is 0 Å². The predicted molar refractivity (Wildman–Crippen MR) is 74.7 cm³/mol. The molecule has 1 saturated heterocycles. The molecule has 1 aromatic rings. The van der Waals surface area contributed by atoms with Gasteiger partial charge in [-0.25, -0.2) is 0 Å². The predicted octanol–water partition coefficient (Wildman–Crippen LogP) is 1.19. The van der Waals surface area contributed by atoms with Gasteiger partial charge in [0.15, 0.2) is 0 Å². The van der Waals surface area contributed by atoms with Gasteiger partial charge in [0, 0.05) is 26.3 Å². The summed E-state index contributed by atoms with van der Waals surface area (Å²) in [6.45, 7) is 1.46. The first-order valence-corrected chi connectivity index (χ1v) is 6.82. The number of carbonyl (C=O) groups is 1. The summed E-state index contributed by atoms with van der Waals surface area (Å²) in [5, 5.41) is 0. The summed E-state index contributed by atoms with van der Waals surface area (Å²) >= 11 is 0. The van der Waals surface area contributed by atoms with Gasteiger partial charge in [-0.15, -0.1) is 0 Å². The summed E-state index contributed by atoms with van der Waals surface area (Å²) in [5.74, 6) is 0.0238. The van der Waals surface area contributed by atoms with E-state index in [9.17, 15) is 4.79 Å². The van der Waals surface area contributed by atoms with Gasteiger partial charge in [-0.3, -0.25) is 4.79 Å². The van der Waals surface area contributed by atoms with E-state index in [1.165, 1.54) is 0 Å². The maximum atomic E-state index is 12.3. The Labute approximate surface area is 114 Å². The third-order valence-corrected chi connectivity index (χ3v) is 3.70. The summed E-state index contributed by atoms with van der Waals surface area (Å²) in [6, 6.07) is 9.70. The lowest BCUT2D eigenvalue weighted by molar-refractivity contribution is -0.135. The van der Waals surface area contributed by atoms with Crippen molar-refractivity contribution in [3.05, 3.63) is 35.9 Å². The summed E-state index contributed by atoms with van der Waals surface area (Å²) in [6.07, 6.45) is 2.40. The molecule has 1 amide bonds. The molecule has 4 heteroatoms. The fourth-order valence-electron chi connectivity index (χ4n) is 2.47. The Morgan fingerprint density at radius 3 is 2.63 bits per heavy atom. The third-order valence-electron chi connectivity index (χ3n) is 3.70.